The normalized spacial score (nSPS) is 35.7. The predicted octanol–water partition coefficient (Wildman–Crippen LogP) is 5.38. The van der Waals surface area contributed by atoms with Gasteiger partial charge in [-0.2, -0.15) is 0 Å². The van der Waals surface area contributed by atoms with E-state index >= 15 is 0 Å². The van der Waals surface area contributed by atoms with Gasteiger partial charge in [-0.1, -0.05) is 51.9 Å². The van der Waals surface area contributed by atoms with Crippen LogP contribution in [-0.2, 0) is 0 Å². The van der Waals surface area contributed by atoms with Crippen LogP contribution in [0.3, 0.4) is 0 Å². The van der Waals surface area contributed by atoms with E-state index in [1.165, 1.54) is 83.2 Å². The molecule has 1 radical (unpaired) electrons. The van der Waals surface area contributed by atoms with Crippen molar-refractivity contribution in [3.63, 3.8) is 0 Å². The maximum atomic E-state index is 11.2. The zero-order valence-electron chi connectivity index (χ0n) is 12.2. The lowest BCUT2D eigenvalue weighted by Crippen LogP contribution is -2.34. The summed E-state index contributed by atoms with van der Waals surface area (Å²) in [4.78, 5) is 11.2. The summed E-state index contributed by atoms with van der Waals surface area (Å²) in [5.74, 6) is 0. The van der Waals surface area contributed by atoms with Crippen LogP contribution in [0.15, 0.2) is 0 Å². The molecule has 0 amide bonds. The first-order chi connectivity index (χ1) is 8.77. The molecule has 0 aromatic heterocycles. The van der Waals surface area contributed by atoms with Crippen molar-refractivity contribution in [1.82, 2.24) is 0 Å². The molecule has 2 bridgehead atoms. The molecule has 2 heterocycles. The van der Waals surface area contributed by atoms with Gasteiger partial charge in [-0.05, 0) is 57.1 Å². The molecule has 2 rings (SSSR count). The minimum Gasteiger partial charge on any atom is -0.379 e. The summed E-state index contributed by atoms with van der Waals surface area (Å²) in [6, 6.07) is 0. The Morgan fingerprint density at radius 1 is 0.833 bits per heavy atom. The Kier molecular flexibility index (Phi) is 5.96. The topological polar surface area (TPSA) is 20.2 Å². The van der Waals surface area contributed by atoms with Crippen LogP contribution in [0.4, 0.5) is 0 Å². The van der Waals surface area contributed by atoms with Gasteiger partial charge in [-0.3, -0.25) is 0 Å². The van der Waals surface area contributed by atoms with Gasteiger partial charge in [-0.25, -0.2) is 0 Å². The lowest BCUT2D eigenvalue weighted by Gasteiger charge is -2.51. The number of rotatable bonds is 7. The molecule has 18 heavy (non-hydrogen) atoms. The van der Waals surface area contributed by atoms with Crippen molar-refractivity contribution in [2.75, 3.05) is 6.16 Å². The van der Waals surface area contributed by atoms with Gasteiger partial charge in [0.1, 0.15) is 0 Å². The number of unbranched alkanes of at least 4 members (excludes halogenated alkanes) is 5. The van der Waals surface area contributed by atoms with E-state index in [1.54, 1.807) is 0 Å². The molecule has 0 atom stereocenters. The highest BCUT2D eigenvalue weighted by Crippen LogP contribution is 2.72. The van der Waals surface area contributed by atoms with Crippen molar-refractivity contribution in [2.45, 2.75) is 95.3 Å². The molecule has 2 aliphatic heterocycles. The summed E-state index contributed by atoms with van der Waals surface area (Å²) in [6.07, 6.45) is 17.6. The van der Waals surface area contributed by atoms with Crippen LogP contribution < -0.4 is 0 Å². The summed E-state index contributed by atoms with van der Waals surface area (Å²) in [6.45, 7) is 2.28. The van der Waals surface area contributed by atoms with Crippen molar-refractivity contribution in [3.05, 3.63) is 0 Å². The van der Waals surface area contributed by atoms with E-state index in [4.69, 9.17) is 0 Å². The van der Waals surface area contributed by atoms with Gasteiger partial charge < -0.3 is 4.89 Å². The molecule has 2 heteroatoms. The highest BCUT2D eigenvalue weighted by atomic mass is 31.2. The molecule has 2 saturated heterocycles. The average Bonchev–Trinajstić information content (AvgIpc) is 2.33. The highest BCUT2D eigenvalue weighted by molar-refractivity contribution is 7.71. The van der Waals surface area contributed by atoms with Gasteiger partial charge in [0.25, 0.3) is 0 Å². The summed E-state index contributed by atoms with van der Waals surface area (Å²) in [5, 5.41) is 0. The molecule has 0 saturated carbocycles. The van der Waals surface area contributed by atoms with E-state index in [0.29, 0.717) is 0 Å². The third kappa shape index (κ3) is 3.48. The van der Waals surface area contributed by atoms with E-state index in [-0.39, 0.29) is 0 Å². The molecule has 0 aromatic rings. The first-order valence-corrected chi connectivity index (χ1v) is 10.4. The van der Waals surface area contributed by atoms with Crippen LogP contribution in [0.2, 0.25) is 0 Å². The second-order valence-corrected chi connectivity index (χ2v) is 10.2. The third-order valence-corrected chi connectivity index (χ3v) is 9.88. The fourth-order valence-electron chi connectivity index (χ4n) is 4.17. The lowest BCUT2D eigenvalue weighted by molar-refractivity contribution is 0.408. The first-order valence-electron chi connectivity index (χ1n) is 8.37. The van der Waals surface area contributed by atoms with Gasteiger partial charge >= 0.3 is 0 Å². The Balaban J connectivity index is 1.72. The molecule has 107 valence electrons. The molecule has 1 nitrogen and oxygen atoms in total. The SMILES string of the molecule is CCCCCCCC[P]1(O)C2CCCC1CCC2. The monoisotopic (exact) mass is 271 g/mol. The summed E-state index contributed by atoms with van der Waals surface area (Å²) >= 11 is 0. The number of hydrogen-bond acceptors (Lipinski definition) is 1. The minimum absolute atomic E-state index is 0.751. The molecule has 2 aliphatic rings. The summed E-state index contributed by atoms with van der Waals surface area (Å²) in [5.41, 5.74) is 1.50. The Labute approximate surface area is 114 Å². The van der Waals surface area contributed by atoms with Gasteiger partial charge in [0.05, 0.1) is 0 Å². The van der Waals surface area contributed by atoms with Crippen molar-refractivity contribution >= 4 is 7.49 Å². The lowest BCUT2D eigenvalue weighted by atomic mass is 9.99. The number of fused-ring (bicyclic) bond motifs is 2. The fourth-order valence-corrected chi connectivity index (χ4v) is 8.75. The van der Waals surface area contributed by atoms with E-state index in [0.717, 1.165) is 11.3 Å². The zero-order valence-corrected chi connectivity index (χ0v) is 13.1. The van der Waals surface area contributed by atoms with Gasteiger partial charge in [0, 0.05) is 0 Å². The van der Waals surface area contributed by atoms with Crippen LogP contribution in [0, 0.1) is 0 Å². The maximum absolute atomic E-state index is 11.2. The van der Waals surface area contributed by atoms with E-state index < -0.39 is 7.49 Å². The summed E-state index contributed by atoms with van der Waals surface area (Å²) < 4.78 is 0. The Hall–Kier alpha value is 0.390. The van der Waals surface area contributed by atoms with Crippen LogP contribution in [0.25, 0.3) is 0 Å². The Morgan fingerprint density at radius 3 is 1.89 bits per heavy atom. The minimum atomic E-state index is -1.53. The van der Waals surface area contributed by atoms with Crippen molar-refractivity contribution in [1.29, 1.82) is 0 Å². The smallest absolute Gasteiger partial charge is 0.00187 e. The zero-order chi connectivity index (χ0) is 12.8. The standard InChI is InChI=1S/C16H32OP/c1-2-3-4-5-6-7-14-18(17)15-10-8-11-16(18)13-9-12-15/h15-17H,2-14H2,1H3. The molecule has 0 aliphatic carbocycles. The van der Waals surface area contributed by atoms with Gasteiger partial charge in [0.2, 0.25) is 0 Å². The van der Waals surface area contributed by atoms with E-state index in [9.17, 15) is 4.89 Å². The van der Waals surface area contributed by atoms with Crippen molar-refractivity contribution in [2.24, 2.45) is 0 Å². The molecule has 0 aromatic carbocycles. The van der Waals surface area contributed by atoms with Crippen LogP contribution in [-0.4, -0.2) is 22.4 Å². The largest absolute Gasteiger partial charge is 0.379 e. The molecule has 0 unspecified atom stereocenters. The second-order valence-electron chi connectivity index (χ2n) is 6.55. The first kappa shape index (κ1) is 14.8. The molecule has 2 fully saturated rings. The summed E-state index contributed by atoms with van der Waals surface area (Å²) in [7, 11) is -1.53. The average molecular weight is 271 g/mol. The van der Waals surface area contributed by atoms with Crippen LogP contribution in [0.5, 0.6) is 0 Å². The highest BCUT2D eigenvalue weighted by Gasteiger charge is 2.45. The maximum Gasteiger partial charge on any atom is -0.00187 e. The van der Waals surface area contributed by atoms with Gasteiger partial charge in [0.15, 0.2) is 0 Å². The fraction of sp³-hybridized carbons (Fsp3) is 1.00. The van der Waals surface area contributed by atoms with E-state index in [2.05, 4.69) is 6.92 Å². The van der Waals surface area contributed by atoms with Crippen LogP contribution in [0.1, 0.15) is 84.0 Å². The van der Waals surface area contributed by atoms with Gasteiger partial charge in [-0.15, -0.1) is 0 Å². The second kappa shape index (κ2) is 7.25. The van der Waals surface area contributed by atoms with E-state index in [1.807, 2.05) is 0 Å². The molecule has 0 spiro atoms. The molecule has 1 N–H and O–H groups in total. The predicted molar refractivity (Wildman–Crippen MR) is 82.7 cm³/mol. The third-order valence-electron chi connectivity index (χ3n) is 5.28. The van der Waals surface area contributed by atoms with Crippen molar-refractivity contribution < 1.29 is 4.89 Å². The van der Waals surface area contributed by atoms with Crippen molar-refractivity contribution in [3.8, 4) is 0 Å². The number of hydrogen-bond donors (Lipinski definition) is 1. The molecular weight excluding hydrogens is 239 g/mol. The Bertz CT molecular complexity index is 219. The molecular formula is C16H32OP. The quantitative estimate of drug-likeness (QED) is 0.487. The Morgan fingerprint density at radius 2 is 1.33 bits per heavy atom. The van der Waals surface area contributed by atoms with Crippen LogP contribution >= 0.6 is 7.49 Å².